The first-order chi connectivity index (χ1) is 17.9. The van der Waals surface area contributed by atoms with E-state index in [0.717, 1.165) is 52.1 Å². The highest BCUT2D eigenvalue weighted by Crippen LogP contribution is 2.41. The molecule has 0 spiro atoms. The maximum absolute atomic E-state index is 14.5. The predicted octanol–water partition coefficient (Wildman–Crippen LogP) is 5.68. The molecule has 5 N–H and O–H groups in total. The summed E-state index contributed by atoms with van der Waals surface area (Å²) in [4.78, 5) is 17.2. The average molecular weight is 520 g/mol. The number of carbonyl (C=O) groups excluding carboxylic acids is 1. The summed E-state index contributed by atoms with van der Waals surface area (Å²) >= 11 is 1.62. The van der Waals surface area contributed by atoms with Crippen LogP contribution in [0.1, 0.15) is 55.5 Å². The van der Waals surface area contributed by atoms with Gasteiger partial charge < -0.3 is 16.8 Å². The SMILES string of the molecule is CCC(CC)N=Cc1cc(-c2sc(CC(N)CCCNC=O)cc2-c2ccc(C#N)c(F)c2)ccc1N. The number of nitriles is 1. The molecule has 0 saturated heterocycles. The molecule has 1 aromatic heterocycles. The smallest absolute Gasteiger partial charge is 0.207 e. The Morgan fingerprint density at radius 3 is 2.59 bits per heavy atom. The van der Waals surface area contributed by atoms with Crippen molar-refractivity contribution in [2.45, 2.75) is 58.0 Å². The van der Waals surface area contributed by atoms with Crippen molar-refractivity contribution in [3.05, 3.63) is 64.3 Å². The number of nitrogens with one attached hydrogen (secondary N) is 1. The van der Waals surface area contributed by atoms with E-state index in [4.69, 9.17) is 21.7 Å². The summed E-state index contributed by atoms with van der Waals surface area (Å²) in [5.74, 6) is -0.548. The molecule has 0 aliphatic carbocycles. The van der Waals surface area contributed by atoms with Crippen LogP contribution in [0.3, 0.4) is 0 Å². The van der Waals surface area contributed by atoms with Crippen LogP contribution in [0.4, 0.5) is 10.1 Å². The van der Waals surface area contributed by atoms with Crippen LogP contribution in [0.15, 0.2) is 47.5 Å². The molecule has 8 heteroatoms. The minimum absolute atomic E-state index is 0.0130. The van der Waals surface area contributed by atoms with Crippen molar-refractivity contribution < 1.29 is 9.18 Å². The monoisotopic (exact) mass is 519 g/mol. The maximum atomic E-state index is 14.5. The number of nitrogen functional groups attached to an aromatic ring is 1. The van der Waals surface area contributed by atoms with Gasteiger partial charge >= 0.3 is 0 Å². The number of hydrogen-bond donors (Lipinski definition) is 3. The van der Waals surface area contributed by atoms with Gasteiger partial charge in [0.25, 0.3) is 0 Å². The quantitative estimate of drug-likeness (QED) is 0.117. The van der Waals surface area contributed by atoms with Gasteiger partial charge in [0.15, 0.2) is 0 Å². The topological polar surface area (TPSA) is 117 Å². The third-order valence-electron chi connectivity index (χ3n) is 6.34. The summed E-state index contributed by atoms with van der Waals surface area (Å²) < 4.78 is 14.5. The van der Waals surface area contributed by atoms with E-state index in [2.05, 4.69) is 25.2 Å². The molecule has 2 aromatic carbocycles. The lowest BCUT2D eigenvalue weighted by Gasteiger charge is -2.10. The minimum Gasteiger partial charge on any atom is -0.398 e. The zero-order valence-electron chi connectivity index (χ0n) is 21.3. The number of nitrogens with zero attached hydrogens (tertiary/aromatic N) is 2. The highest BCUT2D eigenvalue weighted by Gasteiger charge is 2.17. The highest BCUT2D eigenvalue weighted by molar-refractivity contribution is 7.16. The number of hydrogen-bond acceptors (Lipinski definition) is 6. The van der Waals surface area contributed by atoms with Gasteiger partial charge in [-0.3, -0.25) is 9.79 Å². The number of thiophene rings is 1. The molecule has 3 aromatic rings. The van der Waals surface area contributed by atoms with Crippen molar-refractivity contribution in [3.63, 3.8) is 0 Å². The van der Waals surface area contributed by atoms with Gasteiger partial charge in [0.2, 0.25) is 6.41 Å². The summed E-state index contributed by atoms with van der Waals surface area (Å²) in [5.41, 5.74) is 16.7. The first kappa shape index (κ1) is 28.0. The fourth-order valence-electron chi connectivity index (χ4n) is 4.14. The number of anilines is 1. The van der Waals surface area contributed by atoms with Crippen LogP contribution >= 0.6 is 11.3 Å². The number of nitrogens with two attached hydrogens (primary N) is 2. The molecule has 0 saturated carbocycles. The van der Waals surface area contributed by atoms with Gasteiger partial charge in [0.05, 0.1) is 5.56 Å². The molecule has 0 aliphatic heterocycles. The molecule has 0 fully saturated rings. The fourth-order valence-corrected chi connectivity index (χ4v) is 5.41. The lowest BCUT2D eigenvalue weighted by molar-refractivity contribution is -0.109. The molecular formula is C29H34FN5OS. The van der Waals surface area contributed by atoms with Gasteiger partial charge in [0, 0.05) is 51.4 Å². The molecule has 0 bridgehead atoms. The predicted molar refractivity (Wildman–Crippen MR) is 151 cm³/mol. The molecule has 1 amide bonds. The van der Waals surface area contributed by atoms with Crippen molar-refractivity contribution in [2.75, 3.05) is 12.3 Å². The Morgan fingerprint density at radius 1 is 1.16 bits per heavy atom. The van der Waals surface area contributed by atoms with E-state index in [1.54, 1.807) is 17.4 Å². The number of rotatable bonds is 13. The number of aliphatic imine (C=N–C) groups is 1. The van der Waals surface area contributed by atoms with Gasteiger partial charge in [-0.1, -0.05) is 26.0 Å². The Kier molecular flexibility index (Phi) is 10.4. The van der Waals surface area contributed by atoms with Gasteiger partial charge in [-0.2, -0.15) is 5.26 Å². The third-order valence-corrected chi connectivity index (χ3v) is 7.55. The van der Waals surface area contributed by atoms with Crippen LogP contribution in [-0.4, -0.2) is 31.3 Å². The van der Waals surface area contributed by atoms with E-state index in [0.29, 0.717) is 30.6 Å². The van der Waals surface area contributed by atoms with E-state index < -0.39 is 5.82 Å². The van der Waals surface area contributed by atoms with Crippen LogP contribution in [0, 0.1) is 17.1 Å². The lowest BCUT2D eigenvalue weighted by atomic mass is 9.98. The Labute approximate surface area is 222 Å². The fraction of sp³-hybridized carbons (Fsp3) is 0.345. The molecule has 194 valence electrons. The minimum atomic E-state index is -0.548. The van der Waals surface area contributed by atoms with Gasteiger partial charge in [-0.15, -0.1) is 11.3 Å². The van der Waals surface area contributed by atoms with Crippen molar-refractivity contribution >= 4 is 29.6 Å². The Hall–Kier alpha value is -3.54. The second-order valence-electron chi connectivity index (χ2n) is 9.03. The largest absolute Gasteiger partial charge is 0.398 e. The average Bonchev–Trinajstić information content (AvgIpc) is 3.31. The van der Waals surface area contributed by atoms with E-state index >= 15 is 0 Å². The van der Waals surface area contributed by atoms with Crippen LogP contribution in [0.5, 0.6) is 0 Å². The Morgan fingerprint density at radius 2 is 1.92 bits per heavy atom. The van der Waals surface area contributed by atoms with Crippen molar-refractivity contribution in [2.24, 2.45) is 10.7 Å². The zero-order valence-corrected chi connectivity index (χ0v) is 22.2. The van der Waals surface area contributed by atoms with E-state index in [9.17, 15) is 9.18 Å². The highest BCUT2D eigenvalue weighted by atomic mass is 32.1. The van der Waals surface area contributed by atoms with E-state index in [1.165, 1.54) is 12.1 Å². The molecule has 1 heterocycles. The Bertz CT molecular complexity index is 1280. The standard InChI is InChI=1S/C29H34FN5OS/c1-3-24(4-2)35-17-22-12-20(9-10-28(22)33)29-26(19-7-8-21(16-31)27(30)13-19)15-25(37-29)14-23(32)6-5-11-34-18-36/h7-10,12-13,15,17-18,23-24H,3-6,11,14,32-33H2,1-2H3,(H,34,36). The number of carbonyl (C=O) groups is 1. The summed E-state index contributed by atoms with van der Waals surface area (Å²) in [6.45, 7) is 4.82. The molecule has 3 rings (SSSR count). The van der Waals surface area contributed by atoms with Gasteiger partial charge in [0.1, 0.15) is 11.9 Å². The molecule has 1 unspecified atom stereocenters. The first-order valence-corrected chi connectivity index (χ1v) is 13.4. The number of benzene rings is 2. The third kappa shape index (κ3) is 7.48. The Balaban J connectivity index is 2.00. The summed E-state index contributed by atoms with van der Waals surface area (Å²) in [7, 11) is 0. The van der Waals surface area contributed by atoms with Crippen LogP contribution in [0.2, 0.25) is 0 Å². The lowest BCUT2D eigenvalue weighted by Crippen LogP contribution is -2.24. The normalized spacial score (nSPS) is 12.1. The molecular weight excluding hydrogens is 485 g/mol. The van der Waals surface area contributed by atoms with Gasteiger partial charge in [-0.25, -0.2) is 4.39 Å². The molecule has 1 atom stereocenters. The molecule has 6 nitrogen and oxygen atoms in total. The number of amides is 1. The second-order valence-corrected chi connectivity index (χ2v) is 10.2. The van der Waals surface area contributed by atoms with Crippen molar-refractivity contribution in [3.8, 4) is 27.6 Å². The maximum Gasteiger partial charge on any atom is 0.207 e. The van der Waals surface area contributed by atoms with Crippen molar-refractivity contribution in [1.29, 1.82) is 5.26 Å². The summed E-state index contributed by atoms with van der Waals surface area (Å²) in [5, 5.41) is 11.8. The summed E-state index contributed by atoms with van der Waals surface area (Å²) in [6.07, 6.45) is 6.68. The van der Waals surface area contributed by atoms with E-state index in [-0.39, 0.29) is 17.6 Å². The van der Waals surface area contributed by atoms with Crippen LogP contribution in [0.25, 0.3) is 21.6 Å². The second kappa shape index (κ2) is 13.7. The van der Waals surface area contributed by atoms with Crippen LogP contribution < -0.4 is 16.8 Å². The van der Waals surface area contributed by atoms with E-state index in [1.807, 2.05) is 30.5 Å². The molecule has 0 radical (unpaired) electrons. The summed E-state index contributed by atoms with van der Waals surface area (Å²) in [6, 6.07) is 14.7. The zero-order chi connectivity index (χ0) is 26.8. The van der Waals surface area contributed by atoms with Crippen molar-refractivity contribution in [1.82, 2.24) is 5.32 Å². The molecule has 0 aliphatic rings. The van der Waals surface area contributed by atoms with Gasteiger partial charge in [-0.05, 0) is 73.6 Å². The van der Waals surface area contributed by atoms with Crippen LogP contribution in [-0.2, 0) is 11.2 Å². The molecule has 37 heavy (non-hydrogen) atoms. The first-order valence-electron chi connectivity index (χ1n) is 12.6. The number of halogens is 1.